The van der Waals surface area contributed by atoms with E-state index in [-0.39, 0.29) is 48.9 Å². The van der Waals surface area contributed by atoms with Crippen molar-refractivity contribution in [3.8, 4) is 11.5 Å². The van der Waals surface area contributed by atoms with Crippen LogP contribution in [0.3, 0.4) is 0 Å². The molecule has 0 amide bonds. The Morgan fingerprint density at radius 3 is 1.19 bits per heavy atom. The number of ether oxygens (including phenoxy) is 2. The number of anilines is 2. The van der Waals surface area contributed by atoms with E-state index in [1.165, 1.54) is 59.7 Å². The first-order valence-corrected chi connectivity index (χ1v) is 16.0. The summed E-state index contributed by atoms with van der Waals surface area (Å²) in [6.07, 6.45) is 0.139. The van der Waals surface area contributed by atoms with Crippen LogP contribution in [0, 0.1) is 0 Å². The molecule has 0 atom stereocenters. The van der Waals surface area contributed by atoms with E-state index in [9.17, 15) is 28.9 Å². The van der Waals surface area contributed by atoms with Crippen molar-refractivity contribution in [3.63, 3.8) is 0 Å². The van der Waals surface area contributed by atoms with Gasteiger partial charge < -0.3 is 47.6 Å². The summed E-state index contributed by atoms with van der Waals surface area (Å²) >= 11 is 0. The summed E-state index contributed by atoms with van der Waals surface area (Å²) in [6.45, 7) is 0.850. The lowest BCUT2D eigenvalue weighted by atomic mass is 10.2. The van der Waals surface area contributed by atoms with E-state index in [4.69, 9.17) is 18.1 Å². The van der Waals surface area contributed by atoms with Crippen LogP contribution >= 0.6 is 15.2 Å². The minimum Gasteiger partial charge on any atom is -0.508 e. The van der Waals surface area contributed by atoms with E-state index in [0.717, 1.165) is 5.69 Å². The van der Waals surface area contributed by atoms with Crippen molar-refractivity contribution in [2.24, 2.45) is 0 Å². The first-order chi connectivity index (χ1) is 19.9. The molecule has 0 radical (unpaired) electrons. The fourth-order valence-electron chi connectivity index (χ4n) is 3.36. The quantitative estimate of drug-likeness (QED) is 0.197. The van der Waals surface area contributed by atoms with Gasteiger partial charge >= 0.3 is 27.1 Å². The zero-order chi connectivity index (χ0) is 31.8. The van der Waals surface area contributed by atoms with Gasteiger partial charge in [-0.2, -0.15) is 0 Å². The first-order valence-electron chi connectivity index (χ1n) is 12.5. The van der Waals surface area contributed by atoms with Crippen molar-refractivity contribution < 1.29 is 56.5 Å². The van der Waals surface area contributed by atoms with Crippen molar-refractivity contribution in [2.45, 2.75) is 12.8 Å². The van der Waals surface area contributed by atoms with Gasteiger partial charge in [-0.05, 0) is 48.5 Å². The summed E-state index contributed by atoms with van der Waals surface area (Å²) in [7, 11) is 0.967. The van der Waals surface area contributed by atoms with Gasteiger partial charge in [-0.1, -0.05) is 0 Å². The van der Waals surface area contributed by atoms with Crippen LogP contribution in [0.2, 0.25) is 0 Å². The van der Waals surface area contributed by atoms with Crippen molar-refractivity contribution in [1.82, 2.24) is 0 Å². The molecule has 0 aliphatic carbocycles. The Morgan fingerprint density at radius 2 is 0.905 bits per heavy atom. The average Bonchev–Trinajstić information content (AvgIpc) is 3.01. The van der Waals surface area contributed by atoms with E-state index in [2.05, 4.69) is 9.47 Å². The Kier molecular flexibility index (Phi) is 16.2. The van der Waals surface area contributed by atoms with Crippen LogP contribution in [-0.2, 0) is 46.3 Å². The van der Waals surface area contributed by atoms with Gasteiger partial charge in [-0.3, -0.25) is 18.7 Å². The minimum atomic E-state index is -3.39. The summed E-state index contributed by atoms with van der Waals surface area (Å²) in [5, 5.41) is 18.6. The van der Waals surface area contributed by atoms with Crippen LogP contribution in [-0.4, -0.2) is 90.5 Å². The SMILES string of the molecule is COC(=O)CCN(CCC(=O)OC)c1ccc(O)cc1.COP(=O)(CN(CP(=O)(OC)OC)c1ccc(O)cc1)OC. The van der Waals surface area contributed by atoms with Crippen molar-refractivity contribution in [3.05, 3.63) is 48.5 Å². The zero-order valence-electron chi connectivity index (χ0n) is 24.6. The second-order valence-corrected chi connectivity index (χ2v) is 12.9. The Labute approximate surface area is 246 Å². The Balaban J connectivity index is 0.000000422. The number of phenols is 2. The molecule has 0 aliphatic rings. The average molecular weight is 635 g/mol. The molecule has 0 saturated carbocycles. The molecule has 2 N–H and O–H groups in total. The van der Waals surface area contributed by atoms with Crippen LogP contribution in [0.4, 0.5) is 11.4 Å². The molecule has 0 bridgehead atoms. The maximum atomic E-state index is 12.4. The molecule has 0 aliphatic heterocycles. The van der Waals surface area contributed by atoms with Crippen LogP contribution in [0.15, 0.2) is 48.5 Å². The number of esters is 2. The third kappa shape index (κ3) is 12.8. The molecule has 2 rings (SSSR count). The number of carbonyl (C=O) groups is 2. The molecule has 42 heavy (non-hydrogen) atoms. The molecular formula is C26H40N2O12P2. The molecule has 0 fully saturated rings. The molecule has 2 aromatic rings. The van der Waals surface area contributed by atoms with Gasteiger partial charge in [-0.25, -0.2) is 0 Å². The summed E-state index contributed by atoms with van der Waals surface area (Å²) < 4.78 is 53.6. The van der Waals surface area contributed by atoms with E-state index in [1.54, 1.807) is 36.4 Å². The van der Waals surface area contributed by atoms with Gasteiger partial charge in [0.15, 0.2) is 0 Å². The van der Waals surface area contributed by atoms with Gasteiger partial charge in [0.25, 0.3) is 0 Å². The van der Waals surface area contributed by atoms with E-state index < -0.39 is 15.2 Å². The molecule has 14 nitrogen and oxygen atoms in total. The van der Waals surface area contributed by atoms with E-state index in [1.807, 2.05) is 4.90 Å². The van der Waals surface area contributed by atoms with Gasteiger partial charge in [0.1, 0.15) is 24.1 Å². The van der Waals surface area contributed by atoms with Gasteiger partial charge in [0.05, 0.1) is 27.1 Å². The van der Waals surface area contributed by atoms with Crippen LogP contribution in [0.5, 0.6) is 11.5 Å². The molecule has 2 aromatic carbocycles. The highest BCUT2D eigenvalue weighted by atomic mass is 31.2. The molecular weight excluding hydrogens is 594 g/mol. The Bertz CT molecular complexity index is 1130. The summed E-state index contributed by atoms with van der Waals surface area (Å²) in [6, 6.07) is 12.6. The number of phenolic OH excluding ortho intramolecular Hbond substituents is 2. The van der Waals surface area contributed by atoms with Crippen LogP contribution in [0.25, 0.3) is 0 Å². The van der Waals surface area contributed by atoms with Gasteiger partial charge in [0.2, 0.25) is 0 Å². The maximum absolute atomic E-state index is 12.4. The fraction of sp³-hybridized carbons (Fsp3) is 0.462. The maximum Gasteiger partial charge on any atom is 0.349 e. The summed E-state index contributed by atoms with van der Waals surface area (Å²) in [4.78, 5) is 25.8. The minimum absolute atomic E-state index is 0.0760. The lowest BCUT2D eigenvalue weighted by molar-refractivity contribution is -0.140. The molecule has 0 aromatic heterocycles. The number of aromatic hydroxyl groups is 2. The molecule has 0 heterocycles. The third-order valence-electron chi connectivity index (χ3n) is 5.86. The zero-order valence-corrected chi connectivity index (χ0v) is 26.4. The van der Waals surface area contributed by atoms with Crippen LogP contribution in [0.1, 0.15) is 12.8 Å². The van der Waals surface area contributed by atoms with Crippen LogP contribution < -0.4 is 9.80 Å². The summed E-state index contributed by atoms with van der Waals surface area (Å²) in [5.41, 5.74) is 1.37. The predicted octanol–water partition coefficient (Wildman–Crippen LogP) is 4.41. The molecule has 16 heteroatoms. The topological polar surface area (TPSA) is 171 Å². The normalized spacial score (nSPS) is 11.2. The lowest BCUT2D eigenvalue weighted by Crippen LogP contribution is -2.29. The number of hydrogen-bond donors (Lipinski definition) is 2. The van der Waals surface area contributed by atoms with Gasteiger partial charge in [0, 0.05) is 52.9 Å². The second kappa shape index (κ2) is 18.4. The number of methoxy groups -OCH3 is 2. The smallest absolute Gasteiger partial charge is 0.349 e. The second-order valence-electron chi connectivity index (χ2n) is 8.45. The highest BCUT2D eigenvalue weighted by Gasteiger charge is 2.32. The number of nitrogens with zero attached hydrogens (tertiary/aromatic N) is 2. The standard InChI is InChI=1S/C14H19NO5.C12H21NO7P2/c1-19-13(17)7-9-15(10-8-14(18)20-2)11-3-5-12(16)6-4-11;1-17-21(15,18-2)9-13(10-22(16,19-3)20-4)11-5-7-12(14)8-6-11/h3-6,16H,7-10H2,1-2H3;5-8,14H,9-10H2,1-4H3. The molecule has 0 spiro atoms. The lowest BCUT2D eigenvalue weighted by Gasteiger charge is -2.29. The van der Waals surface area contributed by atoms with Crippen molar-refractivity contribution >= 4 is 38.5 Å². The number of rotatable bonds is 16. The highest BCUT2D eigenvalue weighted by molar-refractivity contribution is 7.55. The van der Waals surface area contributed by atoms with Gasteiger partial charge in [-0.15, -0.1) is 0 Å². The predicted molar refractivity (Wildman–Crippen MR) is 157 cm³/mol. The monoisotopic (exact) mass is 634 g/mol. The Morgan fingerprint density at radius 1 is 0.595 bits per heavy atom. The largest absolute Gasteiger partial charge is 0.508 e. The van der Waals surface area contributed by atoms with E-state index >= 15 is 0 Å². The highest BCUT2D eigenvalue weighted by Crippen LogP contribution is 2.52. The number of hydrogen-bond acceptors (Lipinski definition) is 14. The number of carbonyl (C=O) groups excluding carboxylic acids is 2. The Hall–Kier alpha value is -3.12. The molecule has 0 unspecified atom stereocenters. The van der Waals surface area contributed by atoms with E-state index in [0.29, 0.717) is 18.8 Å². The third-order valence-corrected chi connectivity index (χ3v) is 9.46. The summed E-state index contributed by atoms with van der Waals surface area (Å²) in [5.74, 6) is -0.389. The fourth-order valence-corrected chi connectivity index (χ4v) is 5.64. The molecule has 236 valence electrons. The van der Waals surface area contributed by atoms with Crippen molar-refractivity contribution in [2.75, 3.05) is 78.1 Å². The van der Waals surface area contributed by atoms with Crippen molar-refractivity contribution in [1.29, 1.82) is 0 Å². The molecule has 0 saturated heterocycles. The number of benzene rings is 2. The first kappa shape index (κ1) is 36.9.